The van der Waals surface area contributed by atoms with Gasteiger partial charge in [0.1, 0.15) is 0 Å². The van der Waals surface area contributed by atoms with Crippen LogP contribution in [0.25, 0.3) is 0 Å². The van der Waals surface area contributed by atoms with Gasteiger partial charge in [-0.15, -0.1) is 0 Å². The average Bonchev–Trinajstić information content (AvgIpc) is 2.37. The Labute approximate surface area is 106 Å². The predicted molar refractivity (Wildman–Crippen MR) is 67.5 cm³/mol. The Hall–Kier alpha value is -1.17. The van der Waals surface area contributed by atoms with E-state index in [1.165, 1.54) is 0 Å². The molecule has 1 heterocycles. The number of hydrogen-bond acceptors (Lipinski definition) is 4. The van der Waals surface area contributed by atoms with E-state index in [1.54, 1.807) is 18.2 Å². The van der Waals surface area contributed by atoms with Gasteiger partial charge in [0.2, 0.25) is 0 Å². The number of morpholine rings is 1. The first-order valence-electron chi connectivity index (χ1n) is 6.11. The second-order valence-electron chi connectivity index (χ2n) is 4.74. The van der Waals surface area contributed by atoms with Gasteiger partial charge in [0.15, 0.2) is 5.82 Å². The molecule has 4 nitrogen and oxygen atoms in total. The van der Waals surface area contributed by atoms with E-state index in [9.17, 15) is 4.39 Å². The maximum absolute atomic E-state index is 13.8. The highest BCUT2D eigenvalue weighted by atomic mass is 19.1. The molecule has 1 fully saturated rings. The number of ether oxygens (including phenoxy) is 1. The Morgan fingerprint density at radius 1 is 1.56 bits per heavy atom. The Kier molecular flexibility index (Phi) is 4.16. The van der Waals surface area contributed by atoms with Crippen LogP contribution >= 0.6 is 0 Å². The van der Waals surface area contributed by atoms with Gasteiger partial charge in [-0.3, -0.25) is 4.90 Å². The summed E-state index contributed by atoms with van der Waals surface area (Å²) in [4.78, 5) is 2.10. The van der Waals surface area contributed by atoms with E-state index < -0.39 is 0 Å². The standard InChI is InChI=1S/C13H19FN2O2/c1-9-8-18-11(7-17)6-16(9)5-10-3-2-4-12(15)13(10)14/h2-4,9,11,17H,5-8,15H2,1H3. The molecule has 0 saturated carbocycles. The smallest absolute Gasteiger partial charge is 0.150 e. The van der Waals surface area contributed by atoms with E-state index in [1.807, 2.05) is 6.92 Å². The SMILES string of the molecule is CC1COC(CO)CN1Cc1cccc(N)c1F. The maximum Gasteiger partial charge on any atom is 0.150 e. The first-order chi connectivity index (χ1) is 8.61. The highest BCUT2D eigenvalue weighted by Crippen LogP contribution is 2.20. The molecule has 1 aromatic rings. The largest absolute Gasteiger partial charge is 0.396 e. The number of halogens is 1. The molecule has 0 aromatic heterocycles. The molecule has 1 aliphatic heterocycles. The van der Waals surface area contributed by atoms with E-state index in [4.69, 9.17) is 15.6 Å². The summed E-state index contributed by atoms with van der Waals surface area (Å²) in [6.45, 7) is 3.65. The summed E-state index contributed by atoms with van der Waals surface area (Å²) in [5.41, 5.74) is 6.31. The minimum Gasteiger partial charge on any atom is -0.396 e. The quantitative estimate of drug-likeness (QED) is 0.790. The zero-order chi connectivity index (χ0) is 13.1. The molecule has 3 N–H and O–H groups in total. The first-order valence-corrected chi connectivity index (χ1v) is 6.11. The van der Waals surface area contributed by atoms with Gasteiger partial charge < -0.3 is 15.6 Å². The molecule has 0 amide bonds. The summed E-state index contributed by atoms with van der Waals surface area (Å²) < 4.78 is 19.3. The summed E-state index contributed by atoms with van der Waals surface area (Å²) in [5.74, 6) is -0.350. The molecule has 0 aliphatic carbocycles. The van der Waals surface area contributed by atoms with Gasteiger partial charge >= 0.3 is 0 Å². The summed E-state index contributed by atoms with van der Waals surface area (Å²) >= 11 is 0. The van der Waals surface area contributed by atoms with Crippen LogP contribution in [0.15, 0.2) is 18.2 Å². The van der Waals surface area contributed by atoms with E-state index in [0.717, 1.165) is 0 Å². The average molecular weight is 254 g/mol. The van der Waals surface area contributed by atoms with Crippen molar-refractivity contribution in [3.05, 3.63) is 29.6 Å². The van der Waals surface area contributed by atoms with E-state index in [0.29, 0.717) is 25.3 Å². The molecule has 1 aliphatic rings. The van der Waals surface area contributed by atoms with Crippen molar-refractivity contribution in [2.45, 2.75) is 25.6 Å². The highest BCUT2D eigenvalue weighted by molar-refractivity contribution is 5.42. The van der Waals surface area contributed by atoms with Gasteiger partial charge in [0, 0.05) is 24.7 Å². The third-order valence-electron chi connectivity index (χ3n) is 3.32. The molecule has 1 aromatic carbocycles. The van der Waals surface area contributed by atoms with Crippen molar-refractivity contribution in [1.29, 1.82) is 0 Å². The molecule has 1 saturated heterocycles. The lowest BCUT2D eigenvalue weighted by molar-refractivity contribution is -0.0807. The molecular formula is C13H19FN2O2. The Morgan fingerprint density at radius 3 is 3.06 bits per heavy atom. The zero-order valence-electron chi connectivity index (χ0n) is 10.5. The predicted octanol–water partition coefficient (Wildman–Crippen LogP) is 0.989. The fourth-order valence-electron chi connectivity index (χ4n) is 2.15. The highest BCUT2D eigenvalue weighted by Gasteiger charge is 2.26. The number of aliphatic hydroxyl groups excluding tert-OH is 1. The first kappa shape index (κ1) is 13.3. The third-order valence-corrected chi connectivity index (χ3v) is 3.32. The van der Waals surface area contributed by atoms with Crippen molar-refractivity contribution in [2.75, 3.05) is 25.5 Å². The van der Waals surface area contributed by atoms with Gasteiger partial charge in [-0.05, 0) is 13.0 Å². The second-order valence-corrected chi connectivity index (χ2v) is 4.74. The van der Waals surface area contributed by atoms with Crippen LogP contribution in [-0.2, 0) is 11.3 Å². The number of nitrogens with two attached hydrogens (primary N) is 1. The minimum absolute atomic E-state index is 0.0113. The minimum atomic E-state index is -0.350. The van der Waals surface area contributed by atoms with Gasteiger partial charge in [0.25, 0.3) is 0 Å². The van der Waals surface area contributed by atoms with Crippen LogP contribution in [0.2, 0.25) is 0 Å². The van der Waals surface area contributed by atoms with Gasteiger partial charge in [-0.2, -0.15) is 0 Å². The van der Waals surface area contributed by atoms with Crippen LogP contribution < -0.4 is 5.73 Å². The van der Waals surface area contributed by atoms with Gasteiger partial charge in [-0.25, -0.2) is 4.39 Å². The number of benzene rings is 1. The molecule has 0 spiro atoms. The van der Waals surface area contributed by atoms with Crippen LogP contribution in [0.5, 0.6) is 0 Å². The van der Waals surface area contributed by atoms with Crippen LogP contribution in [0.3, 0.4) is 0 Å². The summed E-state index contributed by atoms with van der Waals surface area (Å²) in [7, 11) is 0. The lowest BCUT2D eigenvalue weighted by Gasteiger charge is -2.37. The number of nitrogen functional groups attached to an aromatic ring is 1. The lowest BCUT2D eigenvalue weighted by atomic mass is 10.1. The van der Waals surface area contributed by atoms with Crippen molar-refractivity contribution in [1.82, 2.24) is 4.90 Å². The summed E-state index contributed by atoms with van der Waals surface area (Å²) in [5, 5.41) is 9.11. The summed E-state index contributed by atoms with van der Waals surface area (Å²) in [6, 6.07) is 5.25. The lowest BCUT2D eigenvalue weighted by Crippen LogP contribution is -2.48. The van der Waals surface area contributed by atoms with Crippen molar-refractivity contribution >= 4 is 5.69 Å². The normalized spacial score (nSPS) is 25.3. The number of nitrogens with zero attached hydrogens (tertiary/aromatic N) is 1. The van der Waals surface area contributed by atoms with E-state index >= 15 is 0 Å². The molecule has 2 unspecified atom stereocenters. The number of anilines is 1. The molecule has 18 heavy (non-hydrogen) atoms. The Bertz CT molecular complexity index is 414. The Morgan fingerprint density at radius 2 is 2.33 bits per heavy atom. The number of aliphatic hydroxyl groups is 1. The zero-order valence-corrected chi connectivity index (χ0v) is 10.5. The molecule has 100 valence electrons. The van der Waals surface area contributed by atoms with E-state index in [2.05, 4.69) is 4.90 Å². The Balaban J connectivity index is 2.09. The van der Waals surface area contributed by atoms with Crippen LogP contribution in [0.1, 0.15) is 12.5 Å². The van der Waals surface area contributed by atoms with Crippen LogP contribution in [-0.4, -0.2) is 41.9 Å². The van der Waals surface area contributed by atoms with Gasteiger partial charge in [-0.1, -0.05) is 12.1 Å². The number of rotatable bonds is 3. The van der Waals surface area contributed by atoms with Crippen LogP contribution in [0, 0.1) is 5.82 Å². The van der Waals surface area contributed by atoms with Crippen molar-refractivity contribution in [3.63, 3.8) is 0 Å². The fraction of sp³-hybridized carbons (Fsp3) is 0.538. The van der Waals surface area contributed by atoms with E-state index in [-0.39, 0.29) is 30.3 Å². The topological polar surface area (TPSA) is 58.7 Å². The molecule has 0 radical (unpaired) electrons. The molecule has 2 rings (SSSR count). The van der Waals surface area contributed by atoms with Crippen molar-refractivity contribution in [3.8, 4) is 0 Å². The second kappa shape index (κ2) is 5.65. The molecule has 0 bridgehead atoms. The van der Waals surface area contributed by atoms with Crippen LogP contribution in [0.4, 0.5) is 10.1 Å². The van der Waals surface area contributed by atoms with Gasteiger partial charge in [0.05, 0.1) is 25.0 Å². The third kappa shape index (κ3) is 2.80. The fourth-order valence-corrected chi connectivity index (χ4v) is 2.15. The number of hydrogen-bond donors (Lipinski definition) is 2. The maximum atomic E-state index is 13.8. The molecule has 2 atom stereocenters. The van der Waals surface area contributed by atoms with Crippen molar-refractivity contribution < 1.29 is 14.2 Å². The van der Waals surface area contributed by atoms with Crippen molar-refractivity contribution in [2.24, 2.45) is 0 Å². The summed E-state index contributed by atoms with van der Waals surface area (Å²) in [6.07, 6.45) is -0.190. The monoisotopic (exact) mass is 254 g/mol. The molecular weight excluding hydrogens is 235 g/mol. The molecule has 5 heteroatoms.